The predicted molar refractivity (Wildman–Crippen MR) is 72.8 cm³/mol. The molecule has 1 aliphatic carbocycles. The summed E-state index contributed by atoms with van der Waals surface area (Å²) in [6.07, 6.45) is 4.42. The van der Waals surface area contributed by atoms with E-state index in [-0.39, 0.29) is 11.3 Å². The van der Waals surface area contributed by atoms with E-state index in [0.29, 0.717) is 26.3 Å². The van der Waals surface area contributed by atoms with Crippen LogP contribution in [0.15, 0.2) is 35.6 Å². The number of halogens is 1. The lowest BCUT2D eigenvalue weighted by Crippen LogP contribution is -2.41. The van der Waals surface area contributed by atoms with Gasteiger partial charge in [0.25, 0.3) is 0 Å². The third kappa shape index (κ3) is 3.55. The predicted octanol–water partition coefficient (Wildman–Crippen LogP) is 0.550. The van der Waals surface area contributed by atoms with Gasteiger partial charge in [0.15, 0.2) is 4.98 Å². The number of rotatable bonds is 1. The first-order valence-electron chi connectivity index (χ1n) is 6.07. The van der Waals surface area contributed by atoms with Gasteiger partial charge in [-0.05, 0) is 24.3 Å². The molecule has 0 saturated carbocycles. The summed E-state index contributed by atoms with van der Waals surface area (Å²) < 4.78 is 39.4. The molecule has 1 fully saturated rings. The smallest absolute Gasteiger partial charge is 0.456 e. The van der Waals surface area contributed by atoms with Crippen LogP contribution >= 0.6 is 0 Å². The maximum atomic E-state index is 12.8. The summed E-state index contributed by atoms with van der Waals surface area (Å²) in [6, 6.07) is 0. The van der Waals surface area contributed by atoms with E-state index >= 15 is 0 Å². The van der Waals surface area contributed by atoms with E-state index < -0.39 is 21.0 Å². The Bertz CT molecular complexity index is 679. The number of diazo groups is 1. The summed E-state index contributed by atoms with van der Waals surface area (Å²) in [4.78, 5) is 16.1. The molecule has 1 unspecified atom stereocenters. The number of carbonyl (C=O) groups excluding carboxylic acids is 1. The van der Waals surface area contributed by atoms with Gasteiger partial charge in [-0.1, -0.05) is 0 Å². The van der Waals surface area contributed by atoms with Crippen LogP contribution in [0.1, 0.15) is 0 Å². The number of nitrogens with zero attached hydrogens (tertiary/aromatic N) is 3. The zero-order valence-corrected chi connectivity index (χ0v) is 11.7. The SMILES string of the molecule is N#[N+]C(C(=O)N1CCOCC1)=C1C=CC(=S(=O)([O-])F)C=C1. The molecule has 7 nitrogen and oxygen atoms in total. The summed E-state index contributed by atoms with van der Waals surface area (Å²) in [5, 5.41) is 9.03. The Balaban J connectivity index is 2.30. The molecule has 9 heteroatoms. The van der Waals surface area contributed by atoms with Crippen molar-refractivity contribution < 1.29 is 22.2 Å². The topological polar surface area (TPSA) is 97.8 Å². The van der Waals surface area contributed by atoms with Crippen molar-refractivity contribution in [3.63, 3.8) is 0 Å². The average molecular weight is 313 g/mol. The summed E-state index contributed by atoms with van der Waals surface area (Å²) in [5.74, 6) is -0.503. The van der Waals surface area contributed by atoms with Gasteiger partial charge in [0.2, 0.25) is 5.39 Å². The summed E-state index contributed by atoms with van der Waals surface area (Å²) in [7, 11) is -4.81. The molecule has 0 aromatic rings. The molecule has 1 saturated heterocycles. The molecule has 0 N–H and O–H groups in total. The molecular formula is C12H12FN3O4S. The minimum Gasteiger partial charge on any atom is -0.753 e. The van der Waals surface area contributed by atoms with E-state index in [4.69, 9.17) is 10.1 Å². The molecule has 2 rings (SSSR count). The van der Waals surface area contributed by atoms with Crippen molar-refractivity contribution in [3.05, 3.63) is 40.6 Å². The maximum Gasteiger partial charge on any atom is 0.456 e. The number of hydrogen-bond donors (Lipinski definition) is 0. The van der Waals surface area contributed by atoms with Crippen LogP contribution in [-0.4, -0.2) is 50.7 Å². The average Bonchev–Trinajstić information content (AvgIpc) is 2.48. The van der Waals surface area contributed by atoms with Crippen LogP contribution in [0, 0.1) is 5.39 Å². The Labute approximate surface area is 121 Å². The molecule has 0 spiro atoms. The van der Waals surface area contributed by atoms with Crippen molar-refractivity contribution >= 4 is 21.0 Å². The lowest BCUT2D eigenvalue weighted by molar-refractivity contribution is -0.130. The number of hydrogen-bond acceptors (Lipinski definition) is 5. The van der Waals surface area contributed by atoms with Gasteiger partial charge in [-0.2, -0.15) is 3.89 Å². The Morgan fingerprint density at radius 2 is 1.90 bits per heavy atom. The van der Waals surface area contributed by atoms with E-state index in [1.807, 2.05) is 0 Å². The van der Waals surface area contributed by atoms with Crippen LogP contribution in [0.25, 0.3) is 4.98 Å². The van der Waals surface area contributed by atoms with Crippen molar-refractivity contribution in [3.8, 4) is 0 Å². The molecule has 0 radical (unpaired) electrons. The van der Waals surface area contributed by atoms with Crippen LogP contribution in [0.4, 0.5) is 3.89 Å². The second-order valence-corrected chi connectivity index (χ2v) is 5.66. The molecule has 1 amide bonds. The highest BCUT2D eigenvalue weighted by Crippen LogP contribution is 2.18. The van der Waals surface area contributed by atoms with E-state index in [2.05, 4.69) is 4.98 Å². The van der Waals surface area contributed by atoms with Gasteiger partial charge in [0, 0.05) is 18.0 Å². The molecule has 21 heavy (non-hydrogen) atoms. The zero-order valence-electron chi connectivity index (χ0n) is 10.9. The molecule has 0 aromatic carbocycles. The van der Waals surface area contributed by atoms with Crippen molar-refractivity contribution in [2.45, 2.75) is 0 Å². The van der Waals surface area contributed by atoms with Crippen molar-refractivity contribution in [1.82, 2.24) is 4.90 Å². The molecule has 1 heterocycles. The summed E-state index contributed by atoms with van der Waals surface area (Å²) in [6.45, 7) is 1.52. The Kier molecular flexibility index (Phi) is 4.52. The molecule has 0 aromatic heterocycles. The number of carbonyl (C=O) groups is 1. The van der Waals surface area contributed by atoms with Gasteiger partial charge in [-0.15, -0.1) is 0 Å². The first-order valence-corrected chi connectivity index (χ1v) is 7.46. The number of ether oxygens (including phenoxy) is 1. The van der Waals surface area contributed by atoms with Crippen LogP contribution in [0.5, 0.6) is 0 Å². The van der Waals surface area contributed by atoms with Gasteiger partial charge in [-0.3, -0.25) is 4.79 Å². The normalized spacial score (nSPS) is 20.9. The summed E-state index contributed by atoms with van der Waals surface area (Å²) >= 11 is 0. The second kappa shape index (κ2) is 6.17. The maximum absolute atomic E-state index is 12.8. The van der Waals surface area contributed by atoms with Crippen molar-refractivity contribution in [2.24, 2.45) is 0 Å². The van der Waals surface area contributed by atoms with E-state index in [1.54, 1.807) is 0 Å². The van der Waals surface area contributed by atoms with E-state index in [1.165, 1.54) is 17.1 Å². The third-order valence-corrected chi connectivity index (χ3v) is 3.85. The first-order chi connectivity index (χ1) is 9.93. The molecular weight excluding hydrogens is 301 g/mol. The highest BCUT2D eigenvalue weighted by atomic mass is 32.3. The standard InChI is InChI=1S/C12H12FN3O4S/c13-21(18,19)10-3-1-9(2-4-10)11(15-14)12(17)16-5-7-20-8-6-16/h1-4H,5-8H2. The Morgan fingerprint density at radius 1 is 1.33 bits per heavy atom. The number of allylic oxidation sites excluding steroid dienone is 5. The summed E-state index contributed by atoms with van der Waals surface area (Å²) in [5.41, 5.74) is -0.0407. The third-order valence-electron chi connectivity index (χ3n) is 3.01. The van der Waals surface area contributed by atoms with Gasteiger partial charge >= 0.3 is 11.6 Å². The number of morpholine rings is 1. The minimum atomic E-state index is -4.81. The lowest BCUT2D eigenvalue weighted by atomic mass is 10.1. The van der Waals surface area contributed by atoms with Crippen molar-refractivity contribution in [1.29, 1.82) is 5.39 Å². The Hall–Kier alpha value is -2.02. The van der Waals surface area contributed by atoms with Gasteiger partial charge in [0.1, 0.15) is 0 Å². The largest absolute Gasteiger partial charge is 0.753 e. The van der Waals surface area contributed by atoms with Crippen LogP contribution in [0.3, 0.4) is 0 Å². The first kappa shape index (κ1) is 15.4. The lowest BCUT2D eigenvalue weighted by Gasteiger charge is -2.24. The fraction of sp³-hybridized carbons (Fsp3) is 0.333. The molecule has 0 bridgehead atoms. The van der Waals surface area contributed by atoms with Crippen LogP contribution < -0.4 is 0 Å². The van der Waals surface area contributed by atoms with Crippen LogP contribution in [0.2, 0.25) is 0 Å². The second-order valence-electron chi connectivity index (χ2n) is 4.32. The highest BCUT2D eigenvalue weighted by molar-refractivity contribution is 7.93. The fourth-order valence-electron chi connectivity index (χ4n) is 1.92. The molecule has 112 valence electrons. The Morgan fingerprint density at radius 3 is 2.38 bits per heavy atom. The highest BCUT2D eigenvalue weighted by Gasteiger charge is 2.32. The zero-order chi connectivity index (χ0) is 15.5. The molecule has 2 aliphatic rings. The fourth-order valence-corrected chi connectivity index (χ4v) is 2.38. The molecule has 1 atom stereocenters. The van der Waals surface area contributed by atoms with E-state index in [0.717, 1.165) is 12.2 Å². The molecule has 1 aliphatic heterocycles. The quantitative estimate of drug-likeness (QED) is 0.305. The number of amides is 1. The van der Waals surface area contributed by atoms with Crippen molar-refractivity contribution in [2.75, 3.05) is 26.3 Å². The minimum absolute atomic E-state index is 0.196. The monoisotopic (exact) mass is 313 g/mol. The van der Waals surface area contributed by atoms with E-state index in [9.17, 15) is 17.4 Å². The van der Waals surface area contributed by atoms with Gasteiger partial charge in [0.05, 0.1) is 29.0 Å². The van der Waals surface area contributed by atoms with Gasteiger partial charge in [-0.25, -0.2) is 4.21 Å². The van der Waals surface area contributed by atoms with Crippen LogP contribution in [-0.2, 0) is 19.7 Å². The van der Waals surface area contributed by atoms with Gasteiger partial charge < -0.3 is 14.2 Å².